The summed E-state index contributed by atoms with van der Waals surface area (Å²) >= 11 is 11.7. The second-order valence-electron chi connectivity index (χ2n) is 4.05. The van der Waals surface area contributed by atoms with Gasteiger partial charge in [-0.2, -0.15) is 0 Å². The number of nitrogens with one attached hydrogen (secondary N) is 1. The highest BCUT2D eigenvalue weighted by molar-refractivity contribution is 6.35. The lowest BCUT2D eigenvalue weighted by molar-refractivity contribution is 0.138. The number of rotatable bonds is 5. The molecule has 0 bridgehead atoms. The van der Waals surface area contributed by atoms with Gasteiger partial charge in [0.15, 0.2) is 0 Å². The molecule has 6 heteroatoms. The molecule has 0 heterocycles. The monoisotopic (exact) mass is 325 g/mol. The normalized spacial score (nSPS) is 10.0. The van der Waals surface area contributed by atoms with Crippen LogP contribution in [0.4, 0.5) is 10.5 Å². The first-order valence-corrected chi connectivity index (χ1v) is 6.97. The Hall–Kier alpha value is -1.91. The van der Waals surface area contributed by atoms with Crippen LogP contribution in [0, 0.1) is 0 Å². The Morgan fingerprint density at radius 2 is 1.81 bits per heavy atom. The van der Waals surface area contributed by atoms with Crippen molar-refractivity contribution in [2.45, 2.75) is 0 Å². The van der Waals surface area contributed by atoms with Crippen molar-refractivity contribution in [3.8, 4) is 5.75 Å². The third-order valence-electron chi connectivity index (χ3n) is 2.49. The molecule has 4 nitrogen and oxygen atoms in total. The smallest absolute Gasteiger partial charge is 0.411 e. The first-order valence-electron chi connectivity index (χ1n) is 6.22. The van der Waals surface area contributed by atoms with Crippen LogP contribution in [0.1, 0.15) is 0 Å². The molecular weight excluding hydrogens is 313 g/mol. The summed E-state index contributed by atoms with van der Waals surface area (Å²) in [6.07, 6.45) is -0.535. The van der Waals surface area contributed by atoms with Gasteiger partial charge in [0.25, 0.3) is 0 Å². The van der Waals surface area contributed by atoms with E-state index in [4.69, 9.17) is 32.7 Å². The Labute approximate surface area is 132 Å². The molecule has 0 fully saturated rings. The van der Waals surface area contributed by atoms with Crippen molar-refractivity contribution >= 4 is 35.0 Å². The average molecular weight is 326 g/mol. The molecule has 1 N–H and O–H groups in total. The first kappa shape index (κ1) is 15.5. The predicted molar refractivity (Wildman–Crippen MR) is 83.4 cm³/mol. The summed E-state index contributed by atoms with van der Waals surface area (Å²) in [6, 6.07) is 14.0. The molecule has 0 saturated carbocycles. The highest BCUT2D eigenvalue weighted by Gasteiger charge is 2.04. The summed E-state index contributed by atoms with van der Waals surface area (Å²) in [6.45, 7) is 0.307. The molecule has 2 aromatic rings. The van der Waals surface area contributed by atoms with Gasteiger partial charge in [-0.05, 0) is 30.3 Å². The lowest BCUT2D eigenvalue weighted by Crippen LogP contribution is -2.17. The third kappa shape index (κ3) is 5.17. The average Bonchev–Trinajstić information content (AvgIpc) is 2.46. The number of para-hydroxylation sites is 1. The van der Waals surface area contributed by atoms with E-state index in [1.165, 1.54) is 0 Å². The van der Waals surface area contributed by atoms with Gasteiger partial charge in [0.1, 0.15) is 19.0 Å². The maximum atomic E-state index is 11.5. The molecular formula is C15H13Cl2NO3. The molecule has 0 radical (unpaired) electrons. The lowest BCUT2D eigenvalue weighted by atomic mass is 10.3. The molecule has 0 aliphatic carbocycles. The minimum Gasteiger partial charge on any atom is -0.488 e. The fourth-order valence-corrected chi connectivity index (χ4v) is 2.02. The molecule has 0 aliphatic rings. The SMILES string of the molecule is O=C(Nc1ccccc1)OCCOc1ccc(Cl)cc1Cl. The fourth-order valence-electron chi connectivity index (χ4n) is 1.55. The minimum atomic E-state index is -0.535. The van der Waals surface area contributed by atoms with Gasteiger partial charge in [0.05, 0.1) is 5.02 Å². The van der Waals surface area contributed by atoms with E-state index in [9.17, 15) is 4.79 Å². The van der Waals surface area contributed by atoms with Crippen LogP contribution in [-0.2, 0) is 4.74 Å². The summed E-state index contributed by atoms with van der Waals surface area (Å²) in [4.78, 5) is 11.5. The van der Waals surface area contributed by atoms with E-state index >= 15 is 0 Å². The van der Waals surface area contributed by atoms with Gasteiger partial charge in [-0.3, -0.25) is 5.32 Å². The van der Waals surface area contributed by atoms with Gasteiger partial charge in [-0.1, -0.05) is 41.4 Å². The summed E-state index contributed by atoms with van der Waals surface area (Å²) in [7, 11) is 0. The molecule has 1 amide bonds. The van der Waals surface area contributed by atoms with Crippen molar-refractivity contribution in [3.63, 3.8) is 0 Å². The molecule has 0 atom stereocenters. The maximum absolute atomic E-state index is 11.5. The van der Waals surface area contributed by atoms with Crippen LogP contribution in [-0.4, -0.2) is 19.3 Å². The number of carbonyl (C=O) groups excluding carboxylic acids is 1. The molecule has 0 spiro atoms. The van der Waals surface area contributed by atoms with Gasteiger partial charge in [-0.25, -0.2) is 4.79 Å². The van der Waals surface area contributed by atoms with Crippen molar-refractivity contribution in [2.75, 3.05) is 18.5 Å². The van der Waals surface area contributed by atoms with Gasteiger partial charge >= 0.3 is 6.09 Å². The Balaban J connectivity index is 1.71. The highest BCUT2D eigenvalue weighted by atomic mass is 35.5. The van der Waals surface area contributed by atoms with Crippen molar-refractivity contribution in [3.05, 3.63) is 58.6 Å². The number of benzene rings is 2. The molecule has 21 heavy (non-hydrogen) atoms. The predicted octanol–water partition coefficient (Wildman–Crippen LogP) is 4.62. The van der Waals surface area contributed by atoms with E-state index in [2.05, 4.69) is 5.32 Å². The lowest BCUT2D eigenvalue weighted by Gasteiger charge is -2.09. The summed E-state index contributed by atoms with van der Waals surface area (Å²) < 4.78 is 10.4. The maximum Gasteiger partial charge on any atom is 0.411 e. The van der Waals surface area contributed by atoms with Gasteiger partial charge < -0.3 is 9.47 Å². The largest absolute Gasteiger partial charge is 0.488 e. The van der Waals surface area contributed by atoms with Crippen molar-refractivity contribution in [2.24, 2.45) is 0 Å². The zero-order valence-corrected chi connectivity index (χ0v) is 12.5. The number of hydrogen-bond donors (Lipinski definition) is 1. The number of halogens is 2. The molecule has 0 aliphatic heterocycles. The van der Waals surface area contributed by atoms with Crippen LogP contribution in [0.2, 0.25) is 10.0 Å². The standard InChI is InChI=1S/C15H13Cl2NO3/c16-11-6-7-14(13(17)10-11)20-8-9-21-15(19)18-12-4-2-1-3-5-12/h1-7,10H,8-9H2,(H,18,19). The highest BCUT2D eigenvalue weighted by Crippen LogP contribution is 2.27. The van der Waals surface area contributed by atoms with E-state index in [0.29, 0.717) is 21.5 Å². The van der Waals surface area contributed by atoms with Gasteiger partial charge in [-0.15, -0.1) is 0 Å². The first-order chi connectivity index (χ1) is 10.1. The van der Waals surface area contributed by atoms with Crippen molar-refractivity contribution < 1.29 is 14.3 Å². The summed E-state index contributed by atoms with van der Waals surface area (Å²) in [5.74, 6) is 0.494. The Kier molecular flexibility index (Phi) is 5.72. The molecule has 0 aromatic heterocycles. The zero-order chi connectivity index (χ0) is 15.1. The van der Waals surface area contributed by atoms with Crippen LogP contribution >= 0.6 is 23.2 Å². The Morgan fingerprint density at radius 3 is 2.52 bits per heavy atom. The number of hydrogen-bond acceptors (Lipinski definition) is 3. The Morgan fingerprint density at radius 1 is 1.05 bits per heavy atom. The van der Waals surface area contributed by atoms with Crippen molar-refractivity contribution in [1.29, 1.82) is 0 Å². The molecule has 110 valence electrons. The van der Waals surface area contributed by atoms with Crippen LogP contribution < -0.4 is 10.1 Å². The topological polar surface area (TPSA) is 47.6 Å². The molecule has 0 saturated heterocycles. The zero-order valence-electron chi connectivity index (χ0n) is 11.0. The molecule has 0 unspecified atom stereocenters. The Bertz CT molecular complexity index is 605. The van der Waals surface area contributed by atoms with Crippen LogP contribution in [0.5, 0.6) is 5.75 Å². The van der Waals surface area contributed by atoms with Crippen LogP contribution in [0.3, 0.4) is 0 Å². The van der Waals surface area contributed by atoms with Gasteiger partial charge in [0, 0.05) is 10.7 Å². The van der Waals surface area contributed by atoms with Crippen LogP contribution in [0.15, 0.2) is 48.5 Å². The molecule has 2 aromatic carbocycles. The number of carbonyl (C=O) groups is 1. The van der Waals surface area contributed by atoms with Crippen LogP contribution in [0.25, 0.3) is 0 Å². The van der Waals surface area contributed by atoms with E-state index in [1.54, 1.807) is 30.3 Å². The fraction of sp³-hybridized carbons (Fsp3) is 0.133. The molecule has 2 rings (SSSR count). The number of amides is 1. The third-order valence-corrected chi connectivity index (χ3v) is 3.02. The van der Waals surface area contributed by atoms with E-state index in [0.717, 1.165) is 0 Å². The van der Waals surface area contributed by atoms with Gasteiger partial charge in [0.2, 0.25) is 0 Å². The number of anilines is 1. The van der Waals surface area contributed by atoms with E-state index in [-0.39, 0.29) is 13.2 Å². The summed E-state index contributed by atoms with van der Waals surface area (Å²) in [5.41, 5.74) is 0.671. The quantitative estimate of drug-likeness (QED) is 0.816. The van der Waals surface area contributed by atoms with E-state index < -0.39 is 6.09 Å². The second-order valence-corrected chi connectivity index (χ2v) is 4.89. The number of ether oxygens (including phenoxy) is 2. The summed E-state index contributed by atoms with van der Waals surface area (Å²) in [5, 5.41) is 3.55. The van der Waals surface area contributed by atoms with Crippen molar-refractivity contribution in [1.82, 2.24) is 0 Å². The second kappa shape index (κ2) is 7.76. The van der Waals surface area contributed by atoms with E-state index in [1.807, 2.05) is 18.2 Å². The minimum absolute atomic E-state index is 0.109.